The van der Waals surface area contributed by atoms with Crippen molar-refractivity contribution >= 4 is 33.7 Å². The van der Waals surface area contributed by atoms with Gasteiger partial charge in [0.05, 0.1) is 40.5 Å². The lowest BCUT2D eigenvalue weighted by atomic mass is 10.0. The van der Waals surface area contributed by atoms with E-state index in [4.69, 9.17) is 4.98 Å². The molecule has 5 aromatic rings. The number of hydrogen-bond acceptors (Lipinski definition) is 6. The zero-order chi connectivity index (χ0) is 31.0. The van der Waals surface area contributed by atoms with Gasteiger partial charge in [-0.2, -0.15) is 0 Å². The van der Waals surface area contributed by atoms with E-state index in [1.807, 2.05) is 52.8 Å². The minimum Gasteiger partial charge on any atom is -0.363 e. The average molecular weight is 592 g/mol. The Kier molecular flexibility index (Phi) is 6.42. The van der Waals surface area contributed by atoms with Crippen molar-refractivity contribution in [1.29, 1.82) is 0 Å². The van der Waals surface area contributed by atoms with Crippen molar-refractivity contribution < 1.29 is 9.18 Å². The maximum Gasteiger partial charge on any atom is 0.262 e. The van der Waals surface area contributed by atoms with Gasteiger partial charge in [0.25, 0.3) is 5.56 Å². The molecule has 1 saturated heterocycles. The number of pyridine rings is 3. The van der Waals surface area contributed by atoms with Crippen LogP contribution in [0, 0.1) is 19.7 Å². The Hall–Kier alpha value is -4.86. The number of nitrogens with one attached hydrogen (secondary N) is 1. The van der Waals surface area contributed by atoms with E-state index >= 15 is 4.39 Å². The molecule has 1 N–H and O–H groups in total. The maximum atomic E-state index is 16.4. The Morgan fingerprint density at radius 1 is 1.14 bits per heavy atom. The number of carbonyl (C=O) groups is 1. The Labute approximate surface area is 254 Å². The molecule has 2 unspecified atom stereocenters. The quantitative estimate of drug-likeness (QED) is 0.283. The van der Waals surface area contributed by atoms with Crippen LogP contribution in [-0.2, 0) is 11.2 Å². The highest BCUT2D eigenvalue weighted by Crippen LogP contribution is 2.42. The first-order valence-corrected chi connectivity index (χ1v) is 15.0. The lowest BCUT2D eigenvalue weighted by Gasteiger charge is -2.43. The van der Waals surface area contributed by atoms with Crippen molar-refractivity contribution in [2.24, 2.45) is 0 Å². The van der Waals surface area contributed by atoms with Crippen LogP contribution in [0.5, 0.6) is 0 Å². The van der Waals surface area contributed by atoms with Crippen molar-refractivity contribution in [3.8, 4) is 16.9 Å². The van der Waals surface area contributed by atoms with Gasteiger partial charge in [0.1, 0.15) is 17.2 Å². The van der Waals surface area contributed by atoms with E-state index in [-0.39, 0.29) is 35.2 Å². The summed E-state index contributed by atoms with van der Waals surface area (Å²) in [5.74, 6) is -0.610. The SMILES string of the molecule is C=CC(=O)N1CC2Cc3c(c4cc(F)c(-c5c(C)ccc6[nH]cnc56)nc4n(-c4c(C)ccnc4C(C)C)c3=O)N2CC1C. The molecule has 0 saturated carbocycles. The van der Waals surface area contributed by atoms with Gasteiger partial charge in [0.15, 0.2) is 0 Å². The van der Waals surface area contributed by atoms with E-state index < -0.39 is 5.82 Å². The summed E-state index contributed by atoms with van der Waals surface area (Å²) in [4.78, 5) is 48.6. The first-order valence-electron chi connectivity index (χ1n) is 15.0. The molecule has 1 aromatic carbocycles. The van der Waals surface area contributed by atoms with E-state index in [9.17, 15) is 9.59 Å². The molecule has 0 aliphatic carbocycles. The number of anilines is 1. The van der Waals surface area contributed by atoms with E-state index in [0.29, 0.717) is 58.6 Å². The summed E-state index contributed by atoms with van der Waals surface area (Å²) in [5.41, 5.74) is 6.69. The smallest absolute Gasteiger partial charge is 0.262 e. The van der Waals surface area contributed by atoms with Gasteiger partial charge in [-0.05, 0) is 62.1 Å². The minimum absolute atomic E-state index is 0.0192. The maximum absolute atomic E-state index is 16.4. The molecule has 6 heterocycles. The van der Waals surface area contributed by atoms with Crippen LogP contribution in [0.15, 0.2) is 54.2 Å². The van der Waals surface area contributed by atoms with Gasteiger partial charge in [-0.25, -0.2) is 14.4 Å². The van der Waals surface area contributed by atoms with E-state index in [1.54, 1.807) is 22.0 Å². The number of carbonyl (C=O) groups excluding carboxylic acids is 1. The molecule has 10 heteroatoms. The third-order valence-corrected chi connectivity index (χ3v) is 9.16. The monoisotopic (exact) mass is 591 g/mol. The van der Waals surface area contributed by atoms with E-state index in [1.165, 1.54) is 12.1 Å². The van der Waals surface area contributed by atoms with Crippen LogP contribution >= 0.6 is 0 Å². The van der Waals surface area contributed by atoms with Crippen molar-refractivity contribution in [3.63, 3.8) is 0 Å². The van der Waals surface area contributed by atoms with Gasteiger partial charge in [0.2, 0.25) is 5.91 Å². The Morgan fingerprint density at radius 2 is 1.93 bits per heavy atom. The second-order valence-electron chi connectivity index (χ2n) is 12.3. The molecule has 0 spiro atoms. The van der Waals surface area contributed by atoms with Gasteiger partial charge in [-0.15, -0.1) is 0 Å². The molecule has 2 atom stereocenters. The predicted octanol–water partition coefficient (Wildman–Crippen LogP) is 5.35. The number of fused-ring (bicyclic) bond motifs is 6. The number of aryl methyl sites for hydroxylation is 2. The average Bonchev–Trinajstić information content (AvgIpc) is 3.62. The van der Waals surface area contributed by atoms with Gasteiger partial charge >= 0.3 is 0 Å². The molecule has 2 aliphatic heterocycles. The summed E-state index contributed by atoms with van der Waals surface area (Å²) >= 11 is 0. The number of amides is 1. The van der Waals surface area contributed by atoms with Crippen LogP contribution in [0.1, 0.15) is 49.1 Å². The third-order valence-electron chi connectivity index (χ3n) is 9.16. The number of aromatic nitrogens is 5. The molecular formula is C34H34FN7O2. The number of aromatic amines is 1. The molecule has 7 rings (SSSR count). The van der Waals surface area contributed by atoms with E-state index in [0.717, 1.165) is 22.3 Å². The molecule has 224 valence electrons. The highest BCUT2D eigenvalue weighted by Gasteiger charge is 2.42. The first kappa shape index (κ1) is 27.9. The van der Waals surface area contributed by atoms with Crippen LogP contribution in [0.4, 0.5) is 10.1 Å². The van der Waals surface area contributed by atoms with Crippen molar-refractivity contribution in [3.05, 3.63) is 88.0 Å². The third kappa shape index (κ3) is 4.00. The lowest BCUT2D eigenvalue weighted by Crippen LogP contribution is -2.57. The van der Waals surface area contributed by atoms with Crippen LogP contribution in [-0.4, -0.2) is 60.5 Å². The molecule has 1 amide bonds. The minimum atomic E-state index is -0.493. The van der Waals surface area contributed by atoms with Gasteiger partial charge in [-0.3, -0.25) is 19.1 Å². The van der Waals surface area contributed by atoms with E-state index in [2.05, 4.69) is 26.4 Å². The number of imidazole rings is 1. The number of benzene rings is 1. The number of nitrogens with zero attached hydrogens (tertiary/aromatic N) is 6. The van der Waals surface area contributed by atoms with Crippen molar-refractivity contribution in [2.45, 2.75) is 59.0 Å². The molecule has 44 heavy (non-hydrogen) atoms. The van der Waals surface area contributed by atoms with Crippen molar-refractivity contribution in [1.82, 2.24) is 29.4 Å². The van der Waals surface area contributed by atoms with Crippen LogP contribution in [0.25, 0.3) is 39.0 Å². The Morgan fingerprint density at radius 3 is 2.68 bits per heavy atom. The fourth-order valence-electron chi connectivity index (χ4n) is 7.05. The zero-order valence-corrected chi connectivity index (χ0v) is 25.5. The molecule has 1 fully saturated rings. The van der Waals surface area contributed by atoms with Crippen LogP contribution in [0.2, 0.25) is 0 Å². The Bertz CT molecular complexity index is 2080. The number of hydrogen-bond donors (Lipinski definition) is 1. The lowest BCUT2D eigenvalue weighted by molar-refractivity contribution is -0.128. The summed E-state index contributed by atoms with van der Waals surface area (Å²) in [7, 11) is 0. The summed E-state index contributed by atoms with van der Waals surface area (Å²) < 4.78 is 18.1. The molecular weight excluding hydrogens is 557 g/mol. The highest BCUT2D eigenvalue weighted by molar-refractivity contribution is 5.98. The van der Waals surface area contributed by atoms with Crippen molar-refractivity contribution in [2.75, 3.05) is 18.0 Å². The Balaban J connectivity index is 1.57. The summed E-state index contributed by atoms with van der Waals surface area (Å²) in [5, 5.41) is 0.559. The normalized spacial score (nSPS) is 17.9. The summed E-state index contributed by atoms with van der Waals surface area (Å²) in [6.45, 7) is 14.5. The largest absolute Gasteiger partial charge is 0.363 e. The zero-order valence-electron chi connectivity index (χ0n) is 25.5. The number of halogens is 1. The van der Waals surface area contributed by atoms with Gasteiger partial charge < -0.3 is 14.8 Å². The van der Waals surface area contributed by atoms with Gasteiger partial charge in [0, 0.05) is 48.3 Å². The summed E-state index contributed by atoms with van der Waals surface area (Å²) in [6.07, 6.45) is 5.10. The van der Waals surface area contributed by atoms with Crippen LogP contribution in [0.3, 0.4) is 0 Å². The number of H-pyrrole nitrogens is 1. The molecule has 4 aromatic heterocycles. The fraction of sp³-hybridized carbons (Fsp3) is 0.324. The second-order valence-corrected chi connectivity index (χ2v) is 12.3. The summed E-state index contributed by atoms with van der Waals surface area (Å²) in [6, 6.07) is 6.98. The molecule has 0 radical (unpaired) electrons. The second kappa shape index (κ2) is 10.1. The first-order chi connectivity index (χ1) is 21.1. The molecule has 2 aliphatic rings. The fourth-order valence-corrected chi connectivity index (χ4v) is 7.05. The highest BCUT2D eigenvalue weighted by atomic mass is 19.1. The standard InChI is InChI=1S/C34H34FN7O2/c1-7-26(43)40-15-21-12-23-32(41(21)14-20(40)6)22-13-24(35)29(27-18(4)8-9-25-30(27)38-16-37-25)39-33(22)42(34(23)44)31-19(5)10-11-36-28(31)17(2)3/h7-11,13,16-17,20-21H,1,12,14-15H2,2-6H3,(H,37,38). The van der Waals surface area contributed by atoms with Crippen LogP contribution < -0.4 is 10.5 Å². The predicted molar refractivity (Wildman–Crippen MR) is 170 cm³/mol. The molecule has 0 bridgehead atoms. The topological polar surface area (TPSA) is 100 Å². The molecule has 9 nitrogen and oxygen atoms in total. The van der Waals surface area contributed by atoms with Gasteiger partial charge in [-0.1, -0.05) is 26.5 Å². The number of piperazine rings is 1. The number of rotatable bonds is 4.